The molecule has 0 fully saturated rings. The van der Waals surface area contributed by atoms with Crippen LogP contribution in [0.1, 0.15) is 5.56 Å². The average molecular weight is 225 g/mol. The summed E-state index contributed by atoms with van der Waals surface area (Å²) in [4.78, 5) is 4.03. The van der Waals surface area contributed by atoms with E-state index in [4.69, 9.17) is 0 Å². The molecule has 1 aromatic heterocycles. The lowest BCUT2D eigenvalue weighted by Gasteiger charge is -2.02. The van der Waals surface area contributed by atoms with E-state index in [1.54, 1.807) is 36.5 Å². The third-order valence-electron chi connectivity index (χ3n) is 2.04. The summed E-state index contributed by atoms with van der Waals surface area (Å²) in [6.45, 7) is 0. The molecule has 0 N–H and O–H groups in total. The first-order valence-corrected chi connectivity index (χ1v) is 5.86. The molecular formula is C10H8FNO2S. The zero-order valence-electron chi connectivity index (χ0n) is 7.72. The lowest BCUT2D eigenvalue weighted by atomic mass is 10.1. The predicted octanol–water partition coefficient (Wildman–Crippen LogP) is 2.03. The van der Waals surface area contributed by atoms with Crippen LogP contribution in [-0.4, -0.2) is 13.4 Å². The number of hydrogen-bond acceptors (Lipinski definition) is 3. The largest absolute Gasteiger partial charge is 0.306 e. The van der Waals surface area contributed by atoms with Crippen molar-refractivity contribution in [2.24, 2.45) is 0 Å². The number of fused-ring (bicyclic) bond motifs is 1. The Balaban J connectivity index is 2.61. The third kappa shape index (κ3) is 2.30. The third-order valence-corrected chi connectivity index (χ3v) is 2.70. The molecule has 1 aromatic carbocycles. The van der Waals surface area contributed by atoms with E-state index in [1.165, 1.54) is 0 Å². The zero-order chi connectivity index (χ0) is 10.9. The van der Waals surface area contributed by atoms with Crippen LogP contribution in [0.2, 0.25) is 0 Å². The van der Waals surface area contributed by atoms with Gasteiger partial charge in [0.15, 0.2) is 0 Å². The second-order valence-corrected chi connectivity index (χ2v) is 4.54. The van der Waals surface area contributed by atoms with Crippen molar-refractivity contribution in [1.29, 1.82) is 0 Å². The maximum Gasteiger partial charge on any atom is 0.306 e. The number of rotatable bonds is 2. The number of para-hydroxylation sites is 1. The van der Waals surface area contributed by atoms with Crippen molar-refractivity contribution >= 4 is 21.1 Å². The van der Waals surface area contributed by atoms with Gasteiger partial charge >= 0.3 is 10.2 Å². The van der Waals surface area contributed by atoms with Crippen molar-refractivity contribution in [2.75, 3.05) is 0 Å². The Kier molecular flexibility index (Phi) is 2.40. The summed E-state index contributed by atoms with van der Waals surface area (Å²) in [5, 5.41) is 0.804. The molecule has 0 spiro atoms. The number of nitrogens with zero attached hydrogens (tertiary/aromatic N) is 1. The quantitative estimate of drug-likeness (QED) is 0.735. The van der Waals surface area contributed by atoms with Gasteiger partial charge in [-0.25, -0.2) is 0 Å². The van der Waals surface area contributed by atoms with Gasteiger partial charge in [0.1, 0.15) is 5.75 Å². The molecule has 0 bridgehead atoms. The van der Waals surface area contributed by atoms with E-state index >= 15 is 0 Å². The van der Waals surface area contributed by atoms with E-state index in [9.17, 15) is 12.3 Å². The fourth-order valence-electron chi connectivity index (χ4n) is 1.47. The first kappa shape index (κ1) is 10.0. The molecule has 3 nitrogen and oxygen atoms in total. The first-order chi connectivity index (χ1) is 7.06. The molecule has 0 saturated carbocycles. The molecule has 78 valence electrons. The maximum atomic E-state index is 12.5. The molecular weight excluding hydrogens is 217 g/mol. The maximum absolute atomic E-state index is 12.5. The van der Waals surface area contributed by atoms with Crippen molar-refractivity contribution in [3.05, 3.63) is 42.1 Å². The number of halogens is 1. The van der Waals surface area contributed by atoms with Gasteiger partial charge in [-0.1, -0.05) is 24.3 Å². The summed E-state index contributed by atoms with van der Waals surface area (Å²) in [5.74, 6) is -0.624. The lowest BCUT2D eigenvalue weighted by molar-refractivity contribution is 0.551. The van der Waals surface area contributed by atoms with Gasteiger partial charge in [0.05, 0.1) is 5.52 Å². The second-order valence-electron chi connectivity index (χ2n) is 3.18. The molecule has 5 heteroatoms. The van der Waals surface area contributed by atoms with Crippen LogP contribution in [0, 0.1) is 0 Å². The topological polar surface area (TPSA) is 47.0 Å². The van der Waals surface area contributed by atoms with Crippen molar-refractivity contribution < 1.29 is 12.3 Å². The summed E-state index contributed by atoms with van der Waals surface area (Å²) >= 11 is 0. The van der Waals surface area contributed by atoms with E-state index in [1.807, 2.05) is 0 Å². The number of benzene rings is 1. The highest BCUT2D eigenvalue weighted by molar-refractivity contribution is 7.85. The monoisotopic (exact) mass is 225 g/mol. The van der Waals surface area contributed by atoms with Gasteiger partial charge in [-0.05, 0) is 11.6 Å². The normalized spacial score (nSPS) is 11.8. The molecule has 0 aliphatic rings. The van der Waals surface area contributed by atoms with Crippen molar-refractivity contribution in [3.63, 3.8) is 0 Å². The minimum absolute atomic E-state index is 0.385. The Bertz CT molecular complexity index is 590. The fourth-order valence-corrected chi connectivity index (χ4v) is 2.07. The van der Waals surface area contributed by atoms with Crippen LogP contribution in [0.5, 0.6) is 0 Å². The SMILES string of the molecule is O=S(=O)(F)Cc1cccc2cccnc12. The molecule has 0 aliphatic heterocycles. The standard InChI is InChI=1S/C10H8FNO2S/c11-15(13,14)7-9-4-1-3-8-5-2-6-12-10(8)9/h1-6H,7H2. The number of hydrogen-bond donors (Lipinski definition) is 0. The second kappa shape index (κ2) is 3.58. The molecule has 2 aromatic rings. The Labute approximate surface area is 86.8 Å². The van der Waals surface area contributed by atoms with E-state index in [-0.39, 0.29) is 0 Å². The molecule has 0 atom stereocenters. The van der Waals surface area contributed by atoms with Crippen molar-refractivity contribution in [3.8, 4) is 0 Å². The van der Waals surface area contributed by atoms with Crippen LogP contribution in [0.3, 0.4) is 0 Å². The molecule has 0 saturated heterocycles. The van der Waals surface area contributed by atoms with Gasteiger partial charge in [0.25, 0.3) is 0 Å². The van der Waals surface area contributed by atoms with Gasteiger partial charge in [-0.3, -0.25) is 4.98 Å². The Morgan fingerprint density at radius 1 is 1.20 bits per heavy atom. The minimum atomic E-state index is -4.51. The van der Waals surface area contributed by atoms with Crippen LogP contribution in [-0.2, 0) is 16.0 Å². The van der Waals surface area contributed by atoms with E-state index in [0.717, 1.165) is 5.39 Å². The lowest BCUT2D eigenvalue weighted by Crippen LogP contribution is -1.97. The Hall–Kier alpha value is -1.49. The molecule has 0 radical (unpaired) electrons. The van der Waals surface area contributed by atoms with E-state index < -0.39 is 16.0 Å². The summed E-state index contributed by atoms with van der Waals surface area (Å²) in [5.41, 5.74) is 0.914. The highest BCUT2D eigenvalue weighted by atomic mass is 32.3. The molecule has 2 rings (SSSR count). The fraction of sp³-hybridized carbons (Fsp3) is 0.100. The average Bonchev–Trinajstić information content (AvgIpc) is 2.16. The van der Waals surface area contributed by atoms with Crippen molar-refractivity contribution in [2.45, 2.75) is 5.75 Å². The highest BCUT2D eigenvalue weighted by Crippen LogP contribution is 2.18. The molecule has 15 heavy (non-hydrogen) atoms. The Morgan fingerprint density at radius 3 is 2.67 bits per heavy atom. The van der Waals surface area contributed by atoms with Crippen LogP contribution in [0.4, 0.5) is 3.89 Å². The van der Waals surface area contributed by atoms with Crippen LogP contribution in [0.25, 0.3) is 10.9 Å². The molecule has 1 heterocycles. The Morgan fingerprint density at radius 2 is 1.93 bits per heavy atom. The van der Waals surface area contributed by atoms with Crippen LogP contribution >= 0.6 is 0 Å². The minimum Gasteiger partial charge on any atom is -0.256 e. The van der Waals surface area contributed by atoms with Gasteiger partial charge in [0.2, 0.25) is 0 Å². The van der Waals surface area contributed by atoms with Gasteiger partial charge in [-0.15, -0.1) is 3.89 Å². The summed E-state index contributed by atoms with van der Waals surface area (Å²) < 4.78 is 33.6. The summed E-state index contributed by atoms with van der Waals surface area (Å²) in [6, 6.07) is 8.60. The van der Waals surface area contributed by atoms with Crippen LogP contribution in [0.15, 0.2) is 36.5 Å². The molecule has 0 amide bonds. The highest BCUT2D eigenvalue weighted by Gasteiger charge is 2.11. The number of aromatic nitrogens is 1. The van der Waals surface area contributed by atoms with E-state index in [2.05, 4.69) is 4.98 Å². The molecule has 0 aliphatic carbocycles. The smallest absolute Gasteiger partial charge is 0.256 e. The summed E-state index contributed by atoms with van der Waals surface area (Å²) in [7, 11) is -4.51. The van der Waals surface area contributed by atoms with Crippen LogP contribution < -0.4 is 0 Å². The number of pyridine rings is 1. The first-order valence-electron chi connectivity index (χ1n) is 4.31. The van der Waals surface area contributed by atoms with E-state index in [0.29, 0.717) is 11.1 Å². The van der Waals surface area contributed by atoms with Crippen molar-refractivity contribution in [1.82, 2.24) is 4.98 Å². The predicted molar refractivity (Wildman–Crippen MR) is 55.5 cm³/mol. The molecule has 0 unspecified atom stereocenters. The zero-order valence-corrected chi connectivity index (χ0v) is 8.54. The van der Waals surface area contributed by atoms with Gasteiger partial charge < -0.3 is 0 Å². The van der Waals surface area contributed by atoms with Gasteiger partial charge in [0, 0.05) is 11.6 Å². The summed E-state index contributed by atoms with van der Waals surface area (Å²) in [6.07, 6.45) is 1.55. The van der Waals surface area contributed by atoms with Gasteiger partial charge in [-0.2, -0.15) is 8.42 Å².